The van der Waals surface area contributed by atoms with Crippen molar-refractivity contribution < 1.29 is 9.47 Å². The summed E-state index contributed by atoms with van der Waals surface area (Å²) < 4.78 is 11.5. The summed E-state index contributed by atoms with van der Waals surface area (Å²) in [6.07, 6.45) is 7.34. The van der Waals surface area contributed by atoms with Gasteiger partial charge in [-0.3, -0.25) is 0 Å². The SMILES string of the molecule is CC1(C)O[C@H]2C=CC=C(CCC#N)[C@H]2O1. The lowest BCUT2D eigenvalue weighted by Gasteiger charge is -2.20. The van der Waals surface area contributed by atoms with Crippen LogP contribution in [0.3, 0.4) is 0 Å². The van der Waals surface area contributed by atoms with Crippen molar-refractivity contribution in [2.45, 2.75) is 44.7 Å². The van der Waals surface area contributed by atoms with Crippen molar-refractivity contribution in [3.8, 4) is 6.07 Å². The highest BCUT2D eigenvalue weighted by molar-refractivity contribution is 5.27. The summed E-state index contributed by atoms with van der Waals surface area (Å²) in [5, 5.41) is 8.57. The van der Waals surface area contributed by atoms with Gasteiger partial charge in [0.05, 0.1) is 6.07 Å². The molecule has 3 nitrogen and oxygen atoms in total. The van der Waals surface area contributed by atoms with Crippen molar-refractivity contribution in [1.82, 2.24) is 0 Å². The van der Waals surface area contributed by atoms with Crippen LogP contribution in [0.5, 0.6) is 0 Å². The standard InChI is InChI=1S/C12H15NO2/c1-12(2)14-10-7-3-5-9(6-4-8-13)11(10)15-12/h3,5,7,10-11H,4,6H2,1-2H3/t10-,11+/m0/s1. The van der Waals surface area contributed by atoms with Crippen LogP contribution < -0.4 is 0 Å². The van der Waals surface area contributed by atoms with Crippen LogP contribution in [0.15, 0.2) is 23.8 Å². The van der Waals surface area contributed by atoms with E-state index in [-0.39, 0.29) is 12.2 Å². The van der Waals surface area contributed by atoms with Crippen LogP contribution in [0.2, 0.25) is 0 Å². The highest BCUT2D eigenvalue weighted by atomic mass is 16.7. The lowest BCUT2D eigenvalue weighted by Crippen LogP contribution is -2.25. The number of hydrogen-bond donors (Lipinski definition) is 0. The van der Waals surface area contributed by atoms with E-state index in [0.717, 1.165) is 12.0 Å². The monoisotopic (exact) mass is 205 g/mol. The van der Waals surface area contributed by atoms with Crippen LogP contribution in [-0.2, 0) is 9.47 Å². The molecular weight excluding hydrogens is 190 g/mol. The summed E-state index contributed by atoms with van der Waals surface area (Å²) in [5.74, 6) is -0.518. The van der Waals surface area contributed by atoms with Gasteiger partial charge in [0.25, 0.3) is 0 Å². The first-order valence-corrected chi connectivity index (χ1v) is 5.22. The second-order valence-electron chi connectivity index (χ2n) is 4.31. The third-order valence-corrected chi connectivity index (χ3v) is 2.63. The molecule has 0 aromatic carbocycles. The van der Waals surface area contributed by atoms with Crippen LogP contribution in [0.25, 0.3) is 0 Å². The van der Waals surface area contributed by atoms with E-state index in [0.29, 0.717) is 6.42 Å². The van der Waals surface area contributed by atoms with Crippen molar-refractivity contribution in [1.29, 1.82) is 5.26 Å². The summed E-state index contributed by atoms with van der Waals surface area (Å²) in [6, 6.07) is 2.15. The molecule has 0 amide bonds. The first-order chi connectivity index (χ1) is 7.12. The predicted molar refractivity (Wildman–Crippen MR) is 55.9 cm³/mol. The largest absolute Gasteiger partial charge is 0.340 e. The van der Waals surface area contributed by atoms with Gasteiger partial charge < -0.3 is 9.47 Å². The van der Waals surface area contributed by atoms with Crippen molar-refractivity contribution in [2.75, 3.05) is 0 Å². The summed E-state index contributed by atoms with van der Waals surface area (Å²) >= 11 is 0. The summed E-state index contributed by atoms with van der Waals surface area (Å²) in [5.41, 5.74) is 1.16. The zero-order valence-electron chi connectivity index (χ0n) is 9.06. The van der Waals surface area contributed by atoms with Crippen molar-refractivity contribution in [2.24, 2.45) is 0 Å². The molecule has 15 heavy (non-hydrogen) atoms. The summed E-state index contributed by atoms with van der Waals surface area (Å²) in [4.78, 5) is 0. The average Bonchev–Trinajstić information content (AvgIpc) is 2.49. The van der Waals surface area contributed by atoms with Crippen molar-refractivity contribution in [3.05, 3.63) is 23.8 Å². The fourth-order valence-electron chi connectivity index (χ4n) is 2.03. The molecule has 2 aliphatic rings. The third-order valence-electron chi connectivity index (χ3n) is 2.63. The van der Waals surface area contributed by atoms with Gasteiger partial charge in [-0.1, -0.05) is 18.2 Å². The Morgan fingerprint density at radius 3 is 3.00 bits per heavy atom. The fraction of sp³-hybridized carbons (Fsp3) is 0.583. The third kappa shape index (κ3) is 2.11. The Hall–Kier alpha value is -1.11. The van der Waals surface area contributed by atoms with E-state index >= 15 is 0 Å². The number of ether oxygens (including phenoxy) is 2. The van der Waals surface area contributed by atoms with Gasteiger partial charge >= 0.3 is 0 Å². The van der Waals surface area contributed by atoms with Crippen LogP contribution in [0, 0.1) is 11.3 Å². The zero-order chi connectivity index (χ0) is 10.9. The number of hydrogen-bond acceptors (Lipinski definition) is 3. The van der Waals surface area contributed by atoms with Gasteiger partial charge in [-0.2, -0.15) is 5.26 Å². The Labute approximate surface area is 90.0 Å². The minimum Gasteiger partial charge on any atom is -0.340 e. The Morgan fingerprint density at radius 1 is 1.47 bits per heavy atom. The first kappa shape index (κ1) is 10.4. The lowest BCUT2D eigenvalue weighted by molar-refractivity contribution is -0.139. The first-order valence-electron chi connectivity index (χ1n) is 5.22. The van der Waals surface area contributed by atoms with E-state index in [9.17, 15) is 0 Å². The number of nitrogens with zero attached hydrogens (tertiary/aromatic N) is 1. The van der Waals surface area contributed by atoms with E-state index in [1.807, 2.05) is 32.1 Å². The Balaban J connectivity index is 2.11. The molecule has 3 heteroatoms. The molecule has 1 heterocycles. The molecule has 1 aliphatic heterocycles. The Bertz CT molecular complexity index is 349. The Morgan fingerprint density at radius 2 is 2.27 bits per heavy atom. The summed E-state index contributed by atoms with van der Waals surface area (Å²) in [6.45, 7) is 3.84. The van der Waals surface area contributed by atoms with Crippen LogP contribution >= 0.6 is 0 Å². The average molecular weight is 205 g/mol. The van der Waals surface area contributed by atoms with Crippen molar-refractivity contribution in [3.63, 3.8) is 0 Å². The molecule has 1 saturated heterocycles. The molecule has 2 atom stereocenters. The normalized spacial score (nSPS) is 31.9. The molecule has 1 fully saturated rings. The van der Waals surface area contributed by atoms with Gasteiger partial charge in [0.1, 0.15) is 12.2 Å². The molecule has 0 saturated carbocycles. The van der Waals surface area contributed by atoms with Gasteiger partial charge in [0.15, 0.2) is 5.79 Å². The lowest BCUT2D eigenvalue weighted by atomic mass is 9.96. The van der Waals surface area contributed by atoms with Gasteiger partial charge in [-0.25, -0.2) is 0 Å². The molecule has 0 N–H and O–H groups in total. The van der Waals surface area contributed by atoms with E-state index in [1.54, 1.807) is 0 Å². The van der Waals surface area contributed by atoms with E-state index in [4.69, 9.17) is 14.7 Å². The van der Waals surface area contributed by atoms with Gasteiger partial charge in [0, 0.05) is 6.42 Å². The molecule has 0 aromatic heterocycles. The van der Waals surface area contributed by atoms with Crippen LogP contribution in [0.1, 0.15) is 26.7 Å². The minimum atomic E-state index is -0.518. The molecule has 0 unspecified atom stereocenters. The predicted octanol–water partition coefficient (Wildman–Crippen LogP) is 2.31. The highest BCUT2D eigenvalue weighted by Gasteiger charge is 2.42. The maximum absolute atomic E-state index is 8.57. The fourth-order valence-corrected chi connectivity index (χ4v) is 2.03. The molecular formula is C12H15NO2. The van der Waals surface area contributed by atoms with Gasteiger partial charge in [0.2, 0.25) is 0 Å². The van der Waals surface area contributed by atoms with Gasteiger partial charge in [-0.15, -0.1) is 0 Å². The second-order valence-corrected chi connectivity index (χ2v) is 4.31. The molecule has 1 aliphatic carbocycles. The second kappa shape index (κ2) is 3.80. The van der Waals surface area contributed by atoms with Crippen LogP contribution in [-0.4, -0.2) is 18.0 Å². The topological polar surface area (TPSA) is 42.2 Å². The molecule has 0 spiro atoms. The number of rotatable bonds is 2. The van der Waals surface area contributed by atoms with E-state index in [2.05, 4.69) is 6.07 Å². The Kier molecular flexibility index (Phi) is 2.64. The maximum atomic E-state index is 8.57. The number of allylic oxidation sites excluding steroid dienone is 2. The number of fused-ring (bicyclic) bond motifs is 1. The molecule has 2 rings (SSSR count). The molecule has 0 bridgehead atoms. The minimum absolute atomic E-state index is 0.00153. The maximum Gasteiger partial charge on any atom is 0.164 e. The van der Waals surface area contributed by atoms with Gasteiger partial charge in [-0.05, 0) is 25.8 Å². The zero-order valence-corrected chi connectivity index (χ0v) is 9.06. The molecule has 80 valence electrons. The molecule has 0 radical (unpaired) electrons. The van der Waals surface area contributed by atoms with Crippen molar-refractivity contribution >= 4 is 0 Å². The number of nitriles is 1. The highest BCUT2D eigenvalue weighted by Crippen LogP contribution is 2.35. The van der Waals surface area contributed by atoms with Crippen LogP contribution in [0.4, 0.5) is 0 Å². The quantitative estimate of drug-likeness (QED) is 0.694. The smallest absolute Gasteiger partial charge is 0.164 e. The summed E-state index contributed by atoms with van der Waals surface area (Å²) in [7, 11) is 0. The van der Waals surface area contributed by atoms with E-state index in [1.165, 1.54) is 0 Å². The molecule has 0 aromatic rings. The van der Waals surface area contributed by atoms with E-state index < -0.39 is 5.79 Å².